The van der Waals surface area contributed by atoms with Gasteiger partial charge in [0.05, 0.1) is 18.8 Å². The monoisotopic (exact) mass is 824 g/mol. The number of amides is 1. The Morgan fingerprint density at radius 1 is 0.407 bits per heavy atom. The van der Waals surface area contributed by atoms with Crippen molar-refractivity contribution in [1.82, 2.24) is 5.32 Å². The molecule has 0 rings (SSSR count). The van der Waals surface area contributed by atoms with Crippen LogP contribution < -0.4 is 5.32 Å². The van der Waals surface area contributed by atoms with Gasteiger partial charge < -0.3 is 15.5 Å². The lowest BCUT2D eigenvalue weighted by Crippen LogP contribution is -2.45. The van der Waals surface area contributed by atoms with Crippen molar-refractivity contribution < 1.29 is 15.0 Å². The molecule has 0 aromatic carbocycles. The fraction of sp³-hybridized carbons (Fsp3) is 0.800. The van der Waals surface area contributed by atoms with Gasteiger partial charge in [-0.3, -0.25) is 4.79 Å². The van der Waals surface area contributed by atoms with Crippen LogP contribution in [0.25, 0.3) is 0 Å². The molecule has 0 aromatic rings. The SMILES string of the molecule is CCCCC/C=C\C/C=C\CCCCCCCCCC(=O)NC(CO)C(O)/C=C/CC/C=C/CC/C=C/CCCCCCCCCCCCCCCCCCCCCC. The molecule has 0 aromatic heterocycles. The van der Waals surface area contributed by atoms with E-state index in [1.54, 1.807) is 6.08 Å². The first-order valence-electron chi connectivity index (χ1n) is 26.0. The molecule has 2 atom stereocenters. The Bertz CT molecular complexity index is 981. The minimum atomic E-state index is -0.876. The highest BCUT2D eigenvalue weighted by Crippen LogP contribution is 2.16. The van der Waals surface area contributed by atoms with Crippen LogP contribution in [0.15, 0.2) is 60.8 Å². The van der Waals surface area contributed by atoms with Gasteiger partial charge in [-0.15, -0.1) is 0 Å². The summed E-state index contributed by atoms with van der Waals surface area (Å²) in [6.07, 6.45) is 70.8. The third kappa shape index (κ3) is 47.0. The Kier molecular flexibility index (Phi) is 48.8. The highest BCUT2D eigenvalue weighted by Gasteiger charge is 2.17. The number of rotatable bonds is 47. The number of allylic oxidation sites excluding steroid dienone is 9. The summed E-state index contributed by atoms with van der Waals surface area (Å²) in [5.74, 6) is -0.0863. The number of carbonyl (C=O) groups is 1. The zero-order chi connectivity index (χ0) is 42.8. The first-order chi connectivity index (χ1) is 29.2. The maximum absolute atomic E-state index is 12.4. The Morgan fingerprint density at radius 2 is 0.712 bits per heavy atom. The van der Waals surface area contributed by atoms with E-state index in [0.717, 1.165) is 51.4 Å². The average Bonchev–Trinajstić information content (AvgIpc) is 3.24. The standard InChI is InChI=1S/C55H101NO3/c1-3-5-7-9-11-13-15-17-19-21-22-23-24-25-26-27-28-29-30-31-32-33-35-36-38-40-42-44-46-48-50-54(58)53(52-57)56-55(59)51-49-47-45-43-41-39-37-34-20-18-16-14-12-10-8-6-4-2/h12,14,18,20,33,35,40,42,48,50,53-54,57-58H,3-11,13,15-17,19,21-32,34,36-39,41,43-47,49,51-52H2,1-2H3,(H,56,59)/b14-12-,20-18-,35-33+,42-40+,50-48+. The van der Waals surface area contributed by atoms with Crippen LogP contribution in [0.5, 0.6) is 0 Å². The Morgan fingerprint density at radius 3 is 1.12 bits per heavy atom. The molecule has 4 heteroatoms. The second-order valence-corrected chi connectivity index (χ2v) is 17.6. The van der Waals surface area contributed by atoms with Crippen molar-refractivity contribution in [3.63, 3.8) is 0 Å². The molecule has 0 aliphatic carbocycles. The highest BCUT2D eigenvalue weighted by molar-refractivity contribution is 5.76. The molecule has 3 N–H and O–H groups in total. The van der Waals surface area contributed by atoms with Crippen LogP contribution >= 0.6 is 0 Å². The van der Waals surface area contributed by atoms with Crippen LogP contribution in [0, 0.1) is 0 Å². The lowest BCUT2D eigenvalue weighted by atomic mass is 10.0. The van der Waals surface area contributed by atoms with Gasteiger partial charge in [-0.2, -0.15) is 0 Å². The second-order valence-electron chi connectivity index (χ2n) is 17.6. The van der Waals surface area contributed by atoms with Crippen molar-refractivity contribution in [2.75, 3.05) is 6.61 Å². The Labute approximate surface area is 368 Å². The van der Waals surface area contributed by atoms with Crippen molar-refractivity contribution in [3.8, 4) is 0 Å². The lowest BCUT2D eigenvalue weighted by molar-refractivity contribution is -0.123. The molecule has 0 saturated carbocycles. The van der Waals surface area contributed by atoms with Crippen LogP contribution in [0.1, 0.15) is 264 Å². The largest absolute Gasteiger partial charge is 0.394 e. The van der Waals surface area contributed by atoms with Crippen LogP contribution in [-0.4, -0.2) is 34.9 Å². The molecular formula is C55H101NO3. The Balaban J connectivity index is 3.58. The highest BCUT2D eigenvalue weighted by atomic mass is 16.3. The molecule has 2 unspecified atom stereocenters. The number of aliphatic hydroxyl groups is 2. The smallest absolute Gasteiger partial charge is 0.220 e. The van der Waals surface area contributed by atoms with Crippen LogP contribution in [-0.2, 0) is 4.79 Å². The van der Waals surface area contributed by atoms with Crippen molar-refractivity contribution in [2.45, 2.75) is 276 Å². The molecule has 0 spiro atoms. The first kappa shape index (κ1) is 57.1. The molecule has 0 radical (unpaired) electrons. The Hall–Kier alpha value is -1.91. The number of aliphatic hydroxyl groups excluding tert-OH is 2. The lowest BCUT2D eigenvalue weighted by Gasteiger charge is -2.19. The van der Waals surface area contributed by atoms with Gasteiger partial charge in [0.15, 0.2) is 0 Å². The summed E-state index contributed by atoms with van der Waals surface area (Å²) in [6.45, 7) is 4.28. The third-order valence-electron chi connectivity index (χ3n) is 11.7. The maximum Gasteiger partial charge on any atom is 0.220 e. The predicted octanol–water partition coefficient (Wildman–Crippen LogP) is 16.9. The molecule has 0 fully saturated rings. The summed E-state index contributed by atoms with van der Waals surface area (Å²) in [4.78, 5) is 12.4. The molecule has 0 heterocycles. The molecule has 0 saturated heterocycles. The van der Waals surface area contributed by atoms with Crippen LogP contribution in [0.4, 0.5) is 0 Å². The normalized spacial score (nSPS) is 13.4. The summed E-state index contributed by atoms with van der Waals surface area (Å²) in [5.41, 5.74) is 0. The van der Waals surface area contributed by atoms with Gasteiger partial charge in [-0.25, -0.2) is 0 Å². The fourth-order valence-corrected chi connectivity index (χ4v) is 7.71. The number of hydrogen-bond donors (Lipinski definition) is 3. The zero-order valence-electron chi connectivity index (χ0n) is 39.5. The first-order valence-corrected chi connectivity index (χ1v) is 26.0. The van der Waals surface area contributed by atoms with Crippen LogP contribution in [0.3, 0.4) is 0 Å². The van der Waals surface area contributed by atoms with Crippen molar-refractivity contribution >= 4 is 5.91 Å². The topological polar surface area (TPSA) is 69.6 Å². The summed E-state index contributed by atoms with van der Waals surface area (Å²) in [7, 11) is 0. The fourth-order valence-electron chi connectivity index (χ4n) is 7.71. The van der Waals surface area contributed by atoms with Gasteiger partial charge in [0, 0.05) is 6.42 Å². The number of hydrogen-bond acceptors (Lipinski definition) is 3. The van der Waals surface area contributed by atoms with E-state index in [0.29, 0.717) is 6.42 Å². The average molecular weight is 824 g/mol. The van der Waals surface area contributed by atoms with Gasteiger partial charge in [0.2, 0.25) is 5.91 Å². The minimum Gasteiger partial charge on any atom is -0.394 e. The summed E-state index contributed by atoms with van der Waals surface area (Å²) in [5, 5.41) is 23.1. The zero-order valence-corrected chi connectivity index (χ0v) is 39.5. The molecule has 1 amide bonds. The van der Waals surface area contributed by atoms with E-state index >= 15 is 0 Å². The van der Waals surface area contributed by atoms with E-state index in [1.165, 1.54) is 193 Å². The quantitative estimate of drug-likeness (QED) is 0.0423. The van der Waals surface area contributed by atoms with E-state index in [9.17, 15) is 15.0 Å². The number of carbonyl (C=O) groups excluding carboxylic acids is 1. The van der Waals surface area contributed by atoms with Gasteiger partial charge >= 0.3 is 0 Å². The number of unbranched alkanes of at least 4 members (excludes halogenated alkanes) is 32. The van der Waals surface area contributed by atoms with E-state index in [4.69, 9.17) is 0 Å². The van der Waals surface area contributed by atoms with Gasteiger partial charge in [-0.05, 0) is 77.0 Å². The minimum absolute atomic E-state index is 0.0863. The molecule has 344 valence electrons. The summed E-state index contributed by atoms with van der Waals surface area (Å²) < 4.78 is 0. The summed E-state index contributed by atoms with van der Waals surface area (Å²) >= 11 is 0. The predicted molar refractivity (Wildman–Crippen MR) is 262 cm³/mol. The van der Waals surface area contributed by atoms with Crippen LogP contribution in [0.2, 0.25) is 0 Å². The third-order valence-corrected chi connectivity index (χ3v) is 11.7. The molecular weight excluding hydrogens is 723 g/mol. The van der Waals surface area contributed by atoms with Gasteiger partial charge in [0.1, 0.15) is 0 Å². The van der Waals surface area contributed by atoms with Gasteiger partial charge in [0.25, 0.3) is 0 Å². The van der Waals surface area contributed by atoms with E-state index < -0.39 is 12.1 Å². The maximum atomic E-state index is 12.4. The molecule has 0 aliphatic heterocycles. The van der Waals surface area contributed by atoms with Gasteiger partial charge in [-0.1, -0.05) is 242 Å². The van der Waals surface area contributed by atoms with E-state index in [1.807, 2.05) is 6.08 Å². The molecule has 59 heavy (non-hydrogen) atoms. The molecule has 0 aliphatic rings. The molecule has 4 nitrogen and oxygen atoms in total. The second kappa shape index (κ2) is 50.4. The van der Waals surface area contributed by atoms with Crippen molar-refractivity contribution in [2.24, 2.45) is 0 Å². The van der Waals surface area contributed by atoms with E-state index in [-0.39, 0.29) is 12.5 Å². The van der Waals surface area contributed by atoms with Crippen molar-refractivity contribution in [1.29, 1.82) is 0 Å². The summed E-state index contributed by atoms with van der Waals surface area (Å²) in [6, 6.07) is -0.652. The van der Waals surface area contributed by atoms with E-state index in [2.05, 4.69) is 67.8 Å². The number of nitrogens with one attached hydrogen (secondary N) is 1. The molecule has 0 bridgehead atoms. The van der Waals surface area contributed by atoms with Crippen molar-refractivity contribution in [3.05, 3.63) is 60.8 Å².